The molecule has 4 aromatic rings. The Labute approximate surface area is 203 Å². The smallest absolute Gasteiger partial charge is 0.254 e. The maximum atomic E-state index is 11.8. The van der Waals surface area contributed by atoms with E-state index in [1.807, 2.05) is 18.2 Å². The van der Waals surface area contributed by atoms with E-state index in [1.165, 1.54) is 19.0 Å². The third-order valence-electron chi connectivity index (χ3n) is 6.77. The molecule has 0 atom stereocenters. The van der Waals surface area contributed by atoms with E-state index in [-0.39, 0.29) is 11.7 Å². The van der Waals surface area contributed by atoms with Crippen molar-refractivity contribution in [2.24, 2.45) is 5.73 Å². The number of ether oxygens (including phenoxy) is 1. The molecule has 1 aliphatic heterocycles. The molecular weight excluding hydrogens is 446 g/mol. The Morgan fingerprint density at radius 3 is 2.63 bits per heavy atom. The highest BCUT2D eigenvalue weighted by Gasteiger charge is 2.22. The Balaban J connectivity index is 0.000000371. The second kappa shape index (κ2) is 10.0. The average Bonchev–Trinajstić information content (AvgIpc) is 3.62. The van der Waals surface area contributed by atoms with Gasteiger partial charge in [-0.25, -0.2) is 9.97 Å². The minimum atomic E-state index is -0.557. The number of carbonyl (C=O) groups excluding carboxylic acids is 1. The zero-order valence-electron chi connectivity index (χ0n) is 19.9. The lowest BCUT2D eigenvalue weighted by Crippen LogP contribution is -2.19. The molecule has 4 aromatic heterocycles. The maximum Gasteiger partial charge on any atom is 0.254 e. The summed E-state index contributed by atoms with van der Waals surface area (Å²) in [6.45, 7) is 1.50. The Bertz CT molecular complexity index is 1330. The Morgan fingerprint density at radius 1 is 1.20 bits per heavy atom. The average molecular weight is 478 g/mol. The van der Waals surface area contributed by atoms with Crippen LogP contribution in [0.1, 0.15) is 54.9 Å². The summed E-state index contributed by atoms with van der Waals surface area (Å²) in [5.74, 6) is 0.159. The van der Waals surface area contributed by atoms with Crippen LogP contribution in [0.2, 0.25) is 0 Å². The van der Waals surface area contributed by atoms with Crippen LogP contribution in [-0.4, -0.2) is 61.5 Å². The first-order chi connectivity index (χ1) is 17.1. The number of nitrogens with zero attached hydrogens (tertiary/aromatic N) is 5. The molecule has 10 nitrogen and oxygen atoms in total. The monoisotopic (exact) mass is 477 g/mol. The molecule has 1 amide bonds. The molecule has 184 valence electrons. The lowest BCUT2D eigenvalue weighted by molar-refractivity contribution is 0.0706. The van der Waals surface area contributed by atoms with Gasteiger partial charge in [-0.1, -0.05) is 12.8 Å². The van der Waals surface area contributed by atoms with Gasteiger partial charge in [0.1, 0.15) is 17.0 Å². The molecule has 4 N–H and O–H groups in total. The SMILES string of the molecule is CNc1cc(-c2cn(C3CCOCC3)c3ncccc23)nc2c(C(N)=O)cnn12.OC1CCCC1. The van der Waals surface area contributed by atoms with Crippen LogP contribution in [0.15, 0.2) is 36.8 Å². The summed E-state index contributed by atoms with van der Waals surface area (Å²) in [6, 6.07) is 6.22. The third kappa shape index (κ3) is 4.59. The predicted octanol–water partition coefficient (Wildman–Crippen LogP) is 3.16. The number of aliphatic hydroxyl groups is 1. The summed E-state index contributed by atoms with van der Waals surface area (Å²) in [7, 11) is 1.80. The van der Waals surface area contributed by atoms with Crippen LogP contribution in [0, 0.1) is 0 Å². The number of nitrogens with one attached hydrogen (secondary N) is 1. The van der Waals surface area contributed by atoms with Crippen molar-refractivity contribution in [1.82, 2.24) is 24.1 Å². The van der Waals surface area contributed by atoms with Crippen molar-refractivity contribution in [3.63, 3.8) is 0 Å². The van der Waals surface area contributed by atoms with Crippen molar-refractivity contribution in [2.45, 2.75) is 50.7 Å². The second-order valence-corrected chi connectivity index (χ2v) is 9.04. The number of nitrogens with two attached hydrogens (primary N) is 1. The standard InChI is InChI=1S/C20H21N7O2.C5H10O/c1-22-17-9-16(25-20-14(18(21)28)10-24-27(17)20)15-11-26(12-4-7-29-8-5-12)19-13(15)3-2-6-23-19;6-5-3-1-2-4-5/h2-3,6,9-12,22H,4-5,7-8H2,1H3,(H2,21,28);5-6H,1-4H2. The van der Waals surface area contributed by atoms with Crippen LogP contribution in [0.3, 0.4) is 0 Å². The van der Waals surface area contributed by atoms with Gasteiger partial charge >= 0.3 is 0 Å². The van der Waals surface area contributed by atoms with E-state index < -0.39 is 5.91 Å². The van der Waals surface area contributed by atoms with Crippen LogP contribution in [0.5, 0.6) is 0 Å². The van der Waals surface area contributed by atoms with E-state index in [0.717, 1.165) is 61.2 Å². The molecule has 1 aliphatic carbocycles. The van der Waals surface area contributed by atoms with Gasteiger partial charge in [-0.15, -0.1) is 0 Å². The van der Waals surface area contributed by atoms with E-state index in [9.17, 15) is 4.79 Å². The Kier molecular flexibility index (Phi) is 6.65. The number of aliphatic hydroxyl groups excluding tert-OH is 1. The zero-order chi connectivity index (χ0) is 24.4. The van der Waals surface area contributed by atoms with E-state index >= 15 is 0 Å². The molecule has 0 bridgehead atoms. The van der Waals surface area contributed by atoms with Gasteiger partial charge in [0.25, 0.3) is 5.91 Å². The van der Waals surface area contributed by atoms with Gasteiger partial charge in [0.05, 0.1) is 18.0 Å². The quantitative estimate of drug-likeness (QED) is 0.411. The normalized spacial score (nSPS) is 17.0. The number of fused-ring (bicyclic) bond motifs is 2. The summed E-state index contributed by atoms with van der Waals surface area (Å²) < 4.78 is 9.33. The largest absolute Gasteiger partial charge is 0.393 e. The highest BCUT2D eigenvalue weighted by molar-refractivity contribution is 6.00. The number of aromatic nitrogens is 5. The highest BCUT2D eigenvalue weighted by Crippen LogP contribution is 2.34. The number of rotatable bonds is 4. The molecule has 35 heavy (non-hydrogen) atoms. The summed E-state index contributed by atoms with van der Waals surface area (Å²) in [5.41, 5.74) is 8.84. The van der Waals surface area contributed by atoms with E-state index in [1.54, 1.807) is 17.8 Å². The van der Waals surface area contributed by atoms with E-state index in [2.05, 4.69) is 26.2 Å². The number of carbonyl (C=O) groups is 1. The molecule has 0 aromatic carbocycles. The molecular formula is C25H31N7O3. The van der Waals surface area contributed by atoms with Crippen LogP contribution in [-0.2, 0) is 4.74 Å². The fourth-order valence-electron chi connectivity index (χ4n) is 4.89. The summed E-state index contributed by atoms with van der Waals surface area (Å²) in [5, 5.41) is 17.1. The van der Waals surface area contributed by atoms with E-state index in [4.69, 9.17) is 20.6 Å². The van der Waals surface area contributed by atoms with Gasteiger partial charge in [0, 0.05) is 55.7 Å². The minimum Gasteiger partial charge on any atom is -0.393 e. The van der Waals surface area contributed by atoms with Crippen molar-refractivity contribution in [3.05, 3.63) is 42.4 Å². The van der Waals surface area contributed by atoms with Gasteiger partial charge in [-0.05, 0) is 37.8 Å². The van der Waals surface area contributed by atoms with Crippen molar-refractivity contribution >= 4 is 28.4 Å². The fourth-order valence-corrected chi connectivity index (χ4v) is 4.89. The molecule has 1 saturated heterocycles. The first-order valence-corrected chi connectivity index (χ1v) is 12.1. The summed E-state index contributed by atoms with van der Waals surface area (Å²) in [6.07, 6.45) is 11.9. The Hall–Kier alpha value is -3.50. The number of anilines is 1. The first kappa shape index (κ1) is 23.3. The number of hydrogen-bond donors (Lipinski definition) is 3. The zero-order valence-corrected chi connectivity index (χ0v) is 19.9. The van der Waals surface area contributed by atoms with Gasteiger partial charge in [0.2, 0.25) is 0 Å². The van der Waals surface area contributed by atoms with E-state index in [0.29, 0.717) is 17.5 Å². The predicted molar refractivity (Wildman–Crippen MR) is 133 cm³/mol. The Morgan fingerprint density at radius 2 is 1.97 bits per heavy atom. The number of amides is 1. The molecule has 10 heteroatoms. The lowest BCUT2D eigenvalue weighted by atomic mass is 10.1. The van der Waals surface area contributed by atoms with Gasteiger partial charge < -0.3 is 25.5 Å². The number of hydrogen-bond acceptors (Lipinski definition) is 7. The summed E-state index contributed by atoms with van der Waals surface area (Å²) in [4.78, 5) is 21.2. The molecule has 0 spiro atoms. The van der Waals surface area contributed by atoms with Crippen LogP contribution in [0.4, 0.5) is 5.82 Å². The van der Waals surface area contributed by atoms with Crippen molar-refractivity contribution in [1.29, 1.82) is 0 Å². The number of primary amides is 1. The molecule has 0 radical (unpaired) electrons. The summed E-state index contributed by atoms with van der Waals surface area (Å²) >= 11 is 0. The molecule has 1 saturated carbocycles. The molecule has 6 rings (SSSR count). The molecule has 0 unspecified atom stereocenters. The minimum absolute atomic E-state index is 0.0463. The highest BCUT2D eigenvalue weighted by atomic mass is 16.5. The molecule has 2 fully saturated rings. The third-order valence-corrected chi connectivity index (χ3v) is 6.77. The topological polar surface area (TPSA) is 133 Å². The van der Waals surface area contributed by atoms with Gasteiger partial charge in [-0.3, -0.25) is 4.79 Å². The lowest BCUT2D eigenvalue weighted by Gasteiger charge is -2.24. The van der Waals surface area contributed by atoms with Gasteiger partial charge in [-0.2, -0.15) is 9.61 Å². The van der Waals surface area contributed by atoms with Crippen molar-refractivity contribution in [3.8, 4) is 11.3 Å². The second-order valence-electron chi connectivity index (χ2n) is 9.04. The van der Waals surface area contributed by atoms with Crippen LogP contribution >= 0.6 is 0 Å². The molecule has 5 heterocycles. The van der Waals surface area contributed by atoms with Crippen LogP contribution in [0.25, 0.3) is 27.9 Å². The van der Waals surface area contributed by atoms with Crippen molar-refractivity contribution in [2.75, 3.05) is 25.6 Å². The molecule has 2 aliphatic rings. The fraction of sp³-hybridized carbons (Fsp3) is 0.440. The van der Waals surface area contributed by atoms with Crippen molar-refractivity contribution < 1.29 is 14.6 Å². The maximum absolute atomic E-state index is 11.8. The van der Waals surface area contributed by atoms with Gasteiger partial charge in [0.15, 0.2) is 5.65 Å². The number of pyridine rings is 1. The first-order valence-electron chi connectivity index (χ1n) is 12.1. The van der Waals surface area contributed by atoms with Crippen LogP contribution < -0.4 is 11.1 Å².